The quantitative estimate of drug-likeness (QED) is 0.581. The predicted molar refractivity (Wildman–Crippen MR) is 64.4 cm³/mol. The van der Waals surface area contributed by atoms with Crippen molar-refractivity contribution in [2.75, 3.05) is 48.1 Å². The van der Waals surface area contributed by atoms with E-state index in [1.54, 1.807) is 21.3 Å². The van der Waals surface area contributed by atoms with Crippen LogP contribution in [0.2, 0.25) is 0 Å². The van der Waals surface area contributed by atoms with Crippen molar-refractivity contribution in [3.8, 4) is 0 Å². The molecule has 0 aromatic rings. The molecule has 0 amide bonds. The summed E-state index contributed by atoms with van der Waals surface area (Å²) in [4.78, 5) is 2.18. The highest BCUT2D eigenvalue weighted by Crippen LogP contribution is 2.20. The van der Waals surface area contributed by atoms with Crippen LogP contribution in [-0.2, 0) is 14.2 Å². The van der Waals surface area contributed by atoms with Gasteiger partial charge in [-0.3, -0.25) is 4.90 Å². The Balaban J connectivity index is 4.37. The van der Waals surface area contributed by atoms with E-state index in [-0.39, 0.29) is 11.8 Å². The van der Waals surface area contributed by atoms with E-state index < -0.39 is 0 Å². The van der Waals surface area contributed by atoms with E-state index in [4.69, 9.17) is 19.9 Å². The van der Waals surface area contributed by atoms with Crippen molar-refractivity contribution in [2.24, 2.45) is 5.73 Å². The Morgan fingerprint density at radius 2 is 1.81 bits per heavy atom. The predicted octanol–water partition coefficient (Wildman–Crippen LogP) is 0.291. The Labute approximate surface area is 98.8 Å². The van der Waals surface area contributed by atoms with Crippen LogP contribution in [0.1, 0.15) is 13.3 Å². The molecule has 0 bridgehead atoms. The number of ether oxygens (including phenoxy) is 3. The van der Waals surface area contributed by atoms with Crippen molar-refractivity contribution in [1.82, 2.24) is 4.90 Å². The number of hydrogen-bond donors (Lipinski definition) is 1. The molecule has 1 atom stereocenters. The SMILES string of the molecule is COCCN(C)C(C)(CN)CC(OC)OC. The first-order valence-corrected chi connectivity index (χ1v) is 5.50. The van der Waals surface area contributed by atoms with Gasteiger partial charge < -0.3 is 19.9 Å². The second-order valence-corrected chi connectivity index (χ2v) is 4.22. The van der Waals surface area contributed by atoms with Gasteiger partial charge in [0.1, 0.15) is 0 Å². The Morgan fingerprint density at radius 3 is 2.19 bits per heavy atom. The van der Waals surface area contributed by atoms with E-state index in [0.29, 0.717) is 13.2 Å². The zero-order valence-corrected chi connectivity index (χ0v) is 11.2. The normalized spacial score (nSPS) is 15.8. The average Bonchev–Trinajstić information content (AvgIpc) is 2.32. The van der Waals surface area contributed by atoms with Crippen LogP contribution in [0.15, 0.2) is 0 Å². The Kier molecular flexibility index (Phi) is 7.87. The summed E-state index contributed by atoms with van der Waals surface area (Å²) in [5.74, 6) is 0. The summed E-state index contributed by atoms with van der Waals surface area (Å²) in [6.07, 6.45) is 0.509. The number of methoxy groups -OCH3 is 3. The van der Waals surface area contributed by atoms with E-state index in [1.807, 2.05) is 7.05 Å². The number of nitrogens with zero attached hydrogens (tertiary/aromatic N) is 1. The maximum Gasteiger partial charge on any atom is 0.158 e. The first-order valence-electron chi connectivity index (χ1n) is 5.50. The molecule has 98 valence electrons. The summed E-state index contributed by atoms with van der Waals surface area (Å²) in [6, 6.07) is 0. The summed E-state index contributed by atoms with van der Waals surface area (Å²) in [7, 11) is 7.01. The zero-order chi connectivity index (χ0) is 12.6. The second kappa shape index (κ2) is 7.97. The number of likely N-dealkylation sites (N-methyl/N-ethyl adjacent to an activating group) is 1. The fourth-order valence-corrected chi connectivity index (χ4v) is 1.52. The van der Waals surface area contributed by atoms with Crippen LogP contribution < -0.4 is 5.73 Å². The van der Waals surface area contributed by atoms with E-state index in [2.05, 4.69) is 11.8 Å². The highest BCUT2D eigenvalue weighted by Gasteiger charge is 2.31. The molecule has 0 spiro atoms. The number of hydrogen-bond acceptors (Lipinski definition) is 5. The minimum Gasteiger partial charge on any atom is -0.383 e. The van der Waals surface area contributed by atoms with Gasteiger partial charge in [0, 0.05) is 46.4 Å². The van der Waals surface area contributed by atoms with Gasteiger partial charge in [0.05, 0.1) is 6.61 Å². The summed E-state index contributed by atoms with van der Waals surface area (Å²) < 4.78 is 15.5. The van der Waals surface area contributed by atoms with Gasteiger partial charge in [-0.15, -0.1) is 0 Å². The summed E-state index contributed by atoms with van der Waals surface area (Å²) >= 11 is 0. The first-order chi connectivity index (χ1) is 7.53. The van der Waals surface area contributed by atoms with Crippen molar-refractivity contribution >= 4 is 0 Å². The van der Waals surface area contributed by atoms with Gasteiger partial charge in [-0.05, 0) is 14.0 Å². The number of rotatable bonds is 9. The second-order valence-electron chi connectivity index (χ2n) is 4.22. The third kappa shape index (κ3) is 4.76. The van der Waals surface area contributed by atoms with Gasteiger partial charge in [-0.25, -0.2) is 0 Å². The van der Waals surface area contributed by atoms with Crippen LogP contribution in [0.3, 0.4) is 0 Å². The average molecular weight is 234 g/mol. The molecule has 0 saturated heterocycles. The van der Waals surface area contributed by atoms with Crippen LogP contribution in [0.25, 0.3) is 0 Å². The topological polar surface area (TPSA) is 57.0 Å². The zero-order valence-electron chi connectivity index (χ0n) is 11.2. The molecular formula is C11H26N2O3. The van der Waals surface area contributed by atoms with Gasteiger partial charge in [-0.1, -0.05) is 0 Å². The summed E-state index contributed by atoms with van der Waals surface area (Å²) in [6.45, 7) is 4.19. The lowest BCUT2D eigenvalue weighted by Gasteiger charge is -2.39. The molecule has 0 aliphatic carbocycles. The van der Waals surface area contributed by atoms with Crippen LogP contribution in [0.4, 0.5) is 0 Å². The molecule has 0 aliphatic heterocycles. The molecule has 0 saturated carbocycles. The first kappa shape index (κ1) is 15.8. The monoisotopic (exact) mass is 234 g/mol. The fourth-order valence-electron chi connectivity index (χ4n) is 1.52. The minimum atomic E-state index is -0.224. The van der Waals surface area contributed by atoms with Gasteiger partial charge in [0.15, 0.2) is 6.29 Å². The molecule has 5 nitrogen and oxygen atoms in total. The van der Waals surface area contributed by atoms with Crippen molar-refractivity contribution in [3.63, 3.8) is 0 Å². The third-order valence-corrected chi connectivity index (χ3v) is 3.12. The molecule has 0 aromatic carbocycles. The van der Waals surface area contributed by atoms with Crippen molar-refractivity contribution in [2.45, 2.75) is 25.2 Å². The molecule has 0 fully saturated rings. The Bertz CT molecular complexity index is 177. The summed E-state index contributed by atoms with van der Waals surface area (Å²) in [5, 5.41) is 0. The van der Waals surface area contributed by atoms with Crippen LogP contribution in [-0.4, -0.2) is 64.8 Å². The molecule has 0 aromatic heterocycles. The van der Waals surface area contributed by atoms with Gasteiger partial charge in [-0.2, -0.15) is 0 Å². The molecule has 1 unspecified atom stereocenters. The van der Waals surface area contributed by atoms with Crippen molar-refractivity contribution in [1.29, 1.82) is 0 Å². The van der Waals surface area contributed by atoms with E-state index >= 15 is 0 Å². The van der Waals surface area contributed by atoms with Crippen LogP contribution >= 0.6 is 0 Å². The Hall–Kier alpha value is -0.200. The highest BCUT2D eigenvalue weighted by molar-refractivity contribution is 4.86. The van der Waals surface area contributed by atoms with E-state index in [0.717, 1.165) is 13.0 Å². The number of nitrogens with two attached hydrogens (primary N) is 1. The van der Waals surface area contributed by atoms with Gasteiger partial charge in [0.2, 0.25) is 0 Å². The highest BCUT2D eigenvalue weighted by atomic mass is 16.7. The third-order valence-electron chi connectivity index (χ3n) is 3.12. The maximum absolute atomic E-state index is 5.84. The van der Waals surface area contributed by atoms with Crippen molar-refractivity contribution in [3.05, 3.63) is 0 Å². The molecule has 16 heavy (non-hydrogen) atoms. The van der Waals surface area contributed by atoms with Crippen LogP contribution in [0, 0.1) is 0 Å². The minimum absolute atomic E-state index is 0.144. The summed E-state index contributed by atoms with van der Waals surface area (Å²) in [5.41, 5.74) is 5.70. The molecule has 0 radical (unpaired) electrons. The molecule has 0 aliphatic rings. The van der Waals surface area contributed by atoms with Gasteiger partial charge >= 0.3 is 0 Å². The van der Waals surface area contributed by atoms with E-state index in [9.17, 15) is 0 Å². The lowest BCUT2D eigenvalue weighted by atomic mass is 9.95. The lowest BCUT2D eigenvalue weighted by molar-refractivity contribution is -0.127. The smallest absolute Gasteiger partial charge is 0.158 e. The Morgan fingerprint density at radius 1 is 1.25 bits per heavy atom. The molecule has 2 N–H and O–H groups in total. The molecule has 0 rings (SSSR count). The van der Waals surface area contributed by atoms with E-state index in [1.165, 1.54) is 0 Å². The molecule has 0 heterocycles. The molecular weight excluding hydrogens is 208 g/mol. The standard InChI is InChI=1S/C11H26N2O3/c1-11(9-12,8-10(15-4)16-5)13(2)6-7-14-3/h10H,6-9,12H2,1-5H3. The van der Waals surface area contributed by atoms with Gasteiger partial charge in [0.25, 0.3) is 0 Å². The maximum atomic E-state index is 5.84. The van der Waals surface area contributed by atoms with Crippen molar-refractivity contribution < 1.29 is 14.2 Å². The van der Waals surface area contributed by atoms with Crippen LogP contribution in [0.5, 0.6) is 0 Å². The lowest BCUT2D eigenvalue weighted by Crippen LogP contribution is -2.53. The largest absolute Gasteiger partial charge is 0.383 e. The molecule has 5 heteroatoms. The fraction of sp³-hybridized carbons (Fsp3) is 1.00.